The average molecular weight is 548 g/mol. The molecule has 3 unspecified atom stereocenters. The van der Waals surface area contributed by atoms with Crippen LogP contribution in [0.1, 0.15) is 89.0 Å². The summed E-state index contributed by atoms with van der Waals surface area (Å²) in [6.45, 7) is 11.3. The van der Waals surface area contributed by atoms with E-state index >= 15 is 0 Å². The molecule has 40 heavy (non-hydrogen) atoms. The molecular weight excluding hydrogens is 506 g/mol. The van der Waals surface area contributed by atoms with Crippen LogP contribution in [0.3, 0.4) is 0 Å². The van der Waals surface area contributed by atoms with Crippen LogP contribution in [0, 0.1) is 16.7 Å². The maximum absolute atomic E-state index is 13.6. The Labute approximate surface area is 236 Å². The van der Waals surface area contributed by atoms with Gasteiger partial charge in [-0.1, -0.05) is 95.6 Å². The first kappa shape index (κ1) is 27.3. The predicted molar refractivity (Wildman–Crippen MR) is 149 cm³/mol. The molecule has 8 atom stereocenters. The van der Waals surface area contributed by atoms with E-state index < -0.39 is 41.3 Å². The van der Waals surface area contributed by atoms with Crippen LogP contribution in [0.25, 0.3) is 0 Å². The van der Waals surface area contributed by atoms with Gasteiger partial charge in [0.2, 0.25) is 0 Å². The van der Waals surface area contributed by atoms with Crippen molar-refractivity contribution in [2.75, 3.05) is 6.61 Å². The highest BCUT2D eigenvalue weighted by atomic mass is 16.6. The molecule has 3 fully saturated rings. The van der Waals surface area contributed by atoms with Gasteiger partial charge in [-0.2, -0.15) is 0 Å². The molecule has 0 aromatic heterocycles. The first-order valence-electron chi connectivity index (χ1n) is 14.7. The molecule has 1 saturated heterocycles. The zero-order chi connectivity index (χ0) is 28.5. The molecule has 3 aliphatic carbocycles. The molecule has 2 bridgehead atoms. The van der Waals surface area contributed by atoms with Gasteiger partial charge in [0.15, 0.2) is 6.10 Å². The van der Waals surface area contributed by atoms with Crippen molar-refractivity contribution in [1.29, 1.82) is 0 Å². The molecule has 214 valence electrons. The summed E-state index contributed by atoms with van der Waals surface area (Å²) in [4.78, 5) is 26.2. The van der Waals surface area contributed by atoms with Gasteiger partial charge in [-0.3, -0.25) is 0 Å². The number of unbranched alkanes of at least 4 members (excludes halogenated alkanes) is 1. The molecule has 0 radical (unpaired) electrons. The Morgan fingerprint density at radius 3 is 2.52 bits per heavy atom. The third-order valence-corrected chi connectivity index (χ3v) is 11.0. The molecule has 1 amide bonds. The summed E-state index contributed by atoms with van der Waals surface area (Å²) in [6, 6.07) is 16.6. The quantitative estimate of drug-likeness (QED) is 0.248. The van der Waals surface area contributed by atoms with Gasteiger partial charge in [0.1, 0.15) is 17.3 Å². The van der Waals surface area contributed by atoms with Gasteiger partial charge >= 0.3 is 12.1 Å². The van der Waals surface area contributed by atoms with Gasteiger partial charge in [0, 0.05) is 11.3 Å². The summed E-state index contributed by atoms with van der Waals surface area (Å²) in [6.07, 6.45) is 0.463. The molecule has 1 heterocycles. The van der Waals surface area contributed by atoms with E-state index in [1.807, 2.05) is 13.0 Å². The number of alkyl carbamates (subject to hydrolysis) is 1. The van der Waals surface area contributed by atoms with Gasteiger partial charge < -0.3 is 24.6 Å². The Morgan fingerprint density at radius 1 is 1.10 bits per heavy atom. The fourth-order valence-corrected chi connectivity index (χ4v) is 8.74. The summed E-state index contributed by atoms with van der Waals surface area (Å²) in [5.74, 6) is -0.250. The van der Waals surface area contributed by atoms with Crippen LogP contribution in [0.5, 0.6) is 0 Å². The number of carbonyl (C=O) groups is 2. The number of aliphatic hydroxyl groups is 1. The van der Waals surface area contributed by atoms with E-state index in [1.54, 1.807) is 24.3 Å². The SMILES string of the molecule is CCCCOC(=O)N[C@@H](c1ccccc1)[C@@H](O)C(=O)OC1CC2C(C)(C)C1(C)[C@@]13C[C@H](C)c4ccccc4[C@@]21O3. The number of esters is 1. The molecule has 7 nitrogen and oxygen atoms in total. The standard InChI is InChI=1S/C33H41NO6/c1-6-7-17-38-29(37)34-26(21-13-9-8-10-14-21)27(35)28(36)39-25-18-24-30(3,4)31(25,5)32-19-20(2)22-15-11-12-16-23(22)33(24,32)40-32/h8-16,20,24-27,35H,6-7,17-19H2,1-5H3,(H,34,37)/t20-,24?,25?,26-,27+,31?,32-,33+/m0/s1. The highest BCUT2D eigenvalue weighted by Crippen LogP contribution is 2.89. The number of fused-ring (bicyclic) bond motifs is 3. The number of nitrogens with one attached hydrogen (secondary N) is 1. The van der Waals surface area contributed by atoms with Crippen LogP contribution in [0.15, 0.2) is 54.6 Å². The topological polar surface area (TPSA) is 97.4 Å². The van der Waals surface area contributed by atoms with Crippen molar-refractivity contribution in [2.24, 2.45) is 16.7 Å². The molecule has 4 aliphatic rings. The second kappa shape index (κ2) is 9.31. The van der Waals surface area contributed by atoms with E-state index in [9.17, 15) is 14.7 Å². The number of amides is 1. The van der Waals surface area contributed by atoms with Gasteiger partial charge in [0.25, 0.3) is 0 Å². The minimum absolute atomic E-state index is 0.154. The van der Waals surface area contributed by atoms with Gasteiger partial charge in [-0.25, -0.2) is 9.59 Å². The minimum Gasteiger partial charge on any atom is -0.460 e. The van der Waals surface area contributed by atoms with E-state index in [1.165, 1.54) is 11.1 Å². The smallest absolute Gasteiger partial charge is 0.407 e. The van der Waals surface area contributed by atoms with Gasteiger partial charge in [-0.15, -0.1) is 0 Å². The van der Waals surface area contributed by atoms with Gasteiger partial charge in [0.05, 0.1) is 12.6 Å². The molecule has 0 spiro atoms. The molecule has 2 aromatic rings. The van der Waals surface area contributed by atoms with Crippen LogP contribution < -0.4 is 5.32 Å². The lowest BCUT2D eigenvalue weighted by Crippen LogP contribution is -2.53. The number of ether oxygens (including phenoxy) is 3. The number of benzene rings is 2. The number of hydrogen-bond donors (Lipinski definition) is 2. The molecule has 2 aromatic carbocycles. The van der Waals surface area contributed by atoms with Crippen LogP contribution in [-0.4, -0.2) is 41.6 Å². The van der Waals surface area contributed by atoms with Crippen molar-refractivity contribution < 1.29 is 28.9 Å². The molecular formula is C33H41NO6. The summed E-state index contributed by atoms with van der Waals surface area (Å²) >= 11 is 0. The average Bonchev–Trinajstić information content (AvgIpc) is 3.57. The Bertz CT molecular complexity index is 1310. The molecule has 6 rings (SSSR count). The lowest BCUT2D eigenvalue weighted by Gasteiger charge is -2.46. The third-order valence-electron chi connectivity index (χ3n) is 11.0. The highest BCUT2D eigenvalue weighted by Gasteiger charge is 2.95. The fraction of sp³-hybridized carbons (Fsp3) is 0.576. The van der Waals surface area contributed by atoms with Crippen molar-refractivity contribution >= 4 is 12.1 Å². The Morgan fingerprint density at radius 2 is 1.80 bits per heavy atom. The molecule has 2 N–H and O–H groups in total. The van der Waals surface area contributed by atoms with Crippen molar-refractivity contribution in [2.45, 2.75) is 95.7 Å². The largest absolute Gasteiger partial charge is 0.460 e. The summed E-state index contributed by atoms with van der Waals surface area (Å²) < 4.78 is 18.4. The Balaban J connectivity index is 1.26. The highest BCUT2D eigenvalue weighted by molar-refractivity contribution is 5.78. The number of rotatable bonds is 8. The second-order valence-corrected chi connectivity index (χ2v) is 13.0. The monoisotopic (exact) mass is 547 g/mol. The first-order valence-corrected chi connectivity index (χ1v) is 14.7. The third kappa shape index (κ3) is 3.43. The summed E-state index contributed by atoms with van der Waals surface area (Å²) in [7, 11) is 0. The normalized spacial score (nSPS) is 35.5. The summed E-state index contributed by atoms with van der Waals surface area (Å²) in [5.41, 5.74) is 1.86. The zero-order valence-corrected chi connectivity index (χ0v) is 24.1. The fourth-order valence-electron chi connectivity index (χ4n) is 8.74. The molecule has 1 aliphatic heterocycles. The van der Waals surface area contributed by atoms with Crippen LogP contribution in [0.2, 0.25) is 0 Å². The Hall–Kier alpha value is -2.90. The van der Waals surface area contributed by atoms with E-state index in [0.717, 1.165) is 19.3 Å². The van der Waals surface area contributed by atoms with E-state index in [2.05, 4.69) is 57.3 Å². The maximum atomic E-state index is 13.6. The zero-order valence-electron chi connectivity index (χ0n) is 24.1. The van der Waals surface area contributed by atoms with E-state index in [-0.39, 0.29) is 23.5 Å². The van der Waals surface area contributed by atoms with E-state index in [4.69, 9.17) is 14.2 Å². The number of carbonyl (C=O) groups excluding carboxylic acids is 2. The second-order valence-electron chi connectivity index (χ2n) is 13.0. The summed E-state index contributed by atoms with van der Waals surface area (Å²) in [5, 5.41) is 14.0. The number of aliphatic hydroxyl groups excluding tert-OH is 1. The number of hydrogen-bond acceptors (Lipinski definition) is 6. The van der Waals surface area contributed by atoms with Crippen molar-refractivity contribution in [3.05, 3.63) is 71.3 Å². The first-order chi connectivity index (χ1) is 19.0. The van der Waals surface area contributed by atoms with Crippen LogP contribution in [-0.2, 0) is 24.6 Å². The van der Waals surface area contributed by atoms with E-state index in [0.29, 0.717) is 17.9 Å². The lowest BCUT2D eigenvalue weighted by molar-refractivity contribution is -0.173. The van der Waals surface area contributed by atoms with Gasteiger partial charge in [-0.05, 0) is 47.3 Å². The molecule has 2 saturated carbocycles. The van der Waals surface area contributed by atoms with Crippen LogP contribution in [0.4, 0.5) is 4.79 Å². The lowest BCUT2D eigenvalue weighted by atomic mass is 9.58. The van der Waals surface area contributed by atoms with Crippen LogP contribution >= 0.6 is 0 Å². The molecule has 7 heteroatoms. The van der Waals surface area contributed by atoms with Crippen molar-refractivity contribution in [3.63, 3.8) is 0 Å². The van der Waals surface area contributed by atoms with Crippen molar-refractivity contribution in [1.82, 2.24) is 5.32 Å². The van der Waals surface area contributed by atoms with Crippen molar-refractivity contribution in [3.8, 4) is 0 Å². The number of epoxide rings is 1. The Kier molecular flexibility index (Phi) is 6.35. The minimum atomic E-state index is -1.60. The predicted octanol–water partition coefficient (Wildman–Crippen LogP) is 5.76. The maximum Gasteiger partial charge on any atom is 0.407 e.